The number of anilines is 6. The van der Waals surface area contributed by atoms with Crippen molar-refractivity contribution in [1.29, 1.82) is 0 Å². The van der Waals surface area contributed by atoms with Crippen LogP contribution in [0.4, 0.5) is 34.1 Å². The number of benzene rings is 9. The molecule has 12 rings (SSSR count). The van der Waals surface area contributed by atoms with Gasteiger partial charge in [-0.1, -0.05) is 166 Å². The number of pyridine rings is 1. The largest absolute Gasteiger partial charge is 0.311 e. The second-order valence-electron chi connectivity index (χ2n) is 17.9. The molecule has 1 aromatic heterocycles. The fourth-order valence-corrected chi connectivity index (χ4v) is 16.8. The summed E-state index contributed by atoms with van der Waals surface area (Å²) in [6.07, 6.45) is 2.15. The molecule has 5 heteroatoms. The topological polar surface area (TPSA) is 19.4 Å². The first-order valence-electron chi connectivity index (χ1n) is 21.7. The molecule has 0 unspecified atom stereocenters. The molecule has 2 aliphatic heterocycles. The van der Waals surface area contributed by atoms with Crippen LogP contribution in [0.5, 0.6) is 0 Å². The quantitative estimate of drug-likeness (QED) is 0.100. The lowest BCUT2D eigenvalue weighted by Crippen LogP contribution is -2.58. The van der Waals surface area contributed by atoms with Gasteiger partial charge in [0.2, 0.25) is 0 Å². The second-order valence-corrected chi connectivity index (χ2v) is 26.6. The maximum atomic E-state index is 5.20. The van der Waals surface area contributed by atoms with Crippen LogP contribution in [0.15, 0.2) is 200 Å². The highest BCUT2D eigenvalue weighted by Crippen LogP contribution is 2.49. The molecule has 10 aromatic rings. The van der Waals surface area contributed by atoms with E-state index in [2.05, 4.69) is 236 Å². The Hall–Kier alpha value is -7.06. The van der Waals surface area contributed by atoms with Crippen LogP contribution in [0, 0.1) is 0 Å². The Morgan fingerprint density at radius 1 is 0.355 bits per heavy atom. The van der Waals surface area contributed by atoms with Crippen LogP contribution in [0.25, 0.3) is 54.7 Å². The number of fused-ring (bicyclic) bond motifs is 8. The fourth-order valence-electron chi connectivity index (χ4n) is 10.9. The molecule has 296 valence electrons. The summed E-state index contributed by atoms with van der Waals surface area (Å²) in [5.74, 6) is 0. The summed E-state index contributed by atoms with van der Waals surface area (Å²) >= 11 is 0. The zero-order valence-electron chi connectivity index (χ0n) is 35.4. The summed E-state index contributed by atoms with van der Waals surface area (Å²) in [6.45, 7) is 10.0. The first-order chi connectivity index (χ1) is 30.3. The van der Waals surface area contributed by atoms with E-state index in [1.807, 2.05) is 0 Å². The smallest absolute Gasteiger partial charge is 0.117 e. The van der Waals surface area contributed by atoms with Gasteiger partial charge < -0.3 is 9.80 Å². The van der Waals surface area contributed by atoms with Crippen LogP contribution >= 0.6 is 0 Å². The predicted octanol–water partition coefficient (Wildman–Crippen LogP) is 13.1. The van der Waals surface area contributed by atoms with Gasteiger partial charge in [-0.25, -0.2) is 0 Å². The van der Waals surface area contributed by atoms with E-state index >= 15 is 0 Å². The van der Waals surface area contributed by atoms with Crippen LogP contribution in [-0.4, -0.2) is 21.1 Å². The zero-order chi connectivity index (χ0) is 41.7. The summed E-state index contributed by atoms with van der Waals surface area (Å²) in [5, 5.41) is 11.9. The van der Waals surface area contributed by atoms with E-state index in [-0.39, 0.29) is 0 Å². The van der Waals surface area contributed by atoms with Crippen LogP contribution in [0.2, 0.25) is 26.2 Å². The van der Waals surface area contributed by atoms with E-state index in [0.717, 1.165) is 16.3 Å². The SMILES string of the molecule is C[Si]1(C)c2ccccc2N(c2ccccc2)c2cc(-c3c4ccccc4c(-c4ccc5c(c4)N(c4ccccc4)c4ccccc4[Si]5(C)C)c4c3cnc3ccccc34)ccc21. The summed E-state index contributed by atoms with van der Waals surface area (Å²) in [7, 11) is -4.12. The maximum Gasteiger partial charge on any atom is 0.117 e. The molecule has 0 aliphatic carbocycles. The standard InChI is InChI=1S/C57H45N3Si2/c1-61(2)51-29-17-15-27-47(51)59(40-19-7-5-8-20-40)49-35-38(31-33-53(49)61)55-42-23-11-12-24-43(42)56(57-44-25-13-14-26-46(44)58-37-45(55)57)39-32-34-54-50(36-39)60(41-21-9-6-10-22-41)48-28-16-18-30-52(48)62(54,3)4/h5-37H,1-4H3. The van der Waals surface area contributed by atoms with Crippen molar-refractivity contribution in [3.05, 3.63) is 200 Å². The van der Waals surface area contributed by atoms with Crippen molar-refractivity contribution >= 4 is 103 Å². The van der Waals surface area contributed by atoms with Crippen molar-refractivity contribution in [3.8, 4) is 22.3 Å². The summed E-state index contributed by atoms with van der Waals surface area (Å²) in [6, 6.07) is 72.3. The van der Waals surface area contributed by atoms with E-state index in [4.69, 9.17) is 4.98 Å². The van der Waals surface area contributed by atoms with Gasteiger partial charge in [0.25, 0.3) is 0 Å². The van der Waals surface area contributed by atoms with Crippen LogP contribution in [0.3, 0.4) is 0 Å². The van der Waals surface area contributed by atoms with E-state index in [0.29, 0.717) is 0 Å². The number of para-hydroxylation sites is 5. The third kappa shape index (κ3) is 5.31. The Balaban J connectivity index is 1.15. The molecular formula is C57H45N3Si2. The minimum atomic E-state index is -2.06. The van der Waals surface area contributed by atoms with Crippen molar-refractivity contribution in [3.63, 3.8) is 0 Å². The van der Waals surface area contributed by atoms with Gasteiger partial charge in [-0.15, -0.1) is 0 Å². The first kappa shape index (κ1) is 36.8. The highest BCUT2D eigenvalue weighted by molar-refractivity contribution is 7.03. The van der Waals surface area contributed by atoms with E-state index in [9.17, 15) is 0 Å². The first-order valence-corrected chi connectivity index (χ1v) is 27.7. The monoisotopic (exact) mass is 827 g/mol. The molecule has 0 amide bonds. The Morgan fingerprint density at radius 2 is 0.774 bits per heavy atom. The van der Waals surface area contributed by atoms with E-state index in [1.54, 1.807) is 0 Å². The summed E-state index contributed by atoms with van der Waals surface area (Å²) in [4.78, 5) is 10.2. The summed E-state index contributed by atoms with van der Waals surface area (Å²) in [5.41, 5.74) is 13.3. The average molecular weight is 828 g/mol. The lowest BCUT2D eigenvalue weighted by molar-refractivity contribution is 1.29. The number of nitrogens with zero attached hydrogens (tertiary/aromatic N) is 3. The fraction of sp³-hybridized carbons (Fsp3) is 0.0702. The van der Waals surface area contributed by atoms with Crippen molar-refractivity contribution in [1.82, 2.24) is 4.98 Å². The van der Waals surface area contributed by atoms with Crippen molar-refractivity contribution < 1.29 is 0 Å². The molecule has 3 heterocycles. The van der Waals surface area contributed by atoms with Gasteiger partial charge in [-0.05, 0) is 108 Å². The zero-order valence-corrected chi connectivity index (χ0v) is 37.4. The van der Waals surface area contributed by atoms with Crippen molar-refractivity contribution in [2.75, 3.05) is 9.80 Å². The van der Waals surface area contributed by atoms with Gasteiger partial charge in [0.15, 0.2) is 0 Å². The molecule has 62 heavy (non-hydrogen) atoms. The molecule has 0 fully saturated rings. The molecule has 0 saturated heterocycles. The molecule has 0 N–H and O–H groups in total. The summed E-state index contributed by atoms with van der Waals surface area (Å²) < 4.78 is 0. The molecule has 0 radical (unpaired) electrons. The Morgan fingerprint density at radius 3 is 1.32 bits per heavy atom. The van der Waals surface area contributed by atoms with Gasteiger partial charge in [0, 0.05) is 56.5 Å². The number of aromatic nitrogens is 1. The van der Waals surface area contributed by atoms with Crippen molar-refractivity contribution in [2.24, 2.45) is 0 Å². The molecule has 9 aromatic carbocycles. The number of rotatable bonds is 4. The van der Waals surface area contributed by atoms with Crippen LogP contribution in [0.1, 0.15) is 0 Å². The molecule has 2 aliphatic rings. The minimum absolute atomic E-state index is 0.999. The second kappa shape index (κ2) is 13.7. The van der Waals surface area contributed by atoms with Gasteiger partial charge in [0.1, 0.15) is 16.1 Å². The van der Waals surface area contributed by atoms with Gasteiger partial charge in [0.05, 0.1) is 5.52 Å². The lowest BCUT2D eigenvalue weighted by atomic mass is 9.85. The van der Waals surface area contributed by atoms with Gasteiger partial charge in [-0.2, -0.15) is 0 Å². The maximum absolute atomic E-state index is 5.20. The predicted molar refractivity (Wildman–Crippen MR) is 270 cm³/mol. The van der Waals surface area contributed by atoms with E-state index < -0.39 is 16.1 Å². The third-order valence-electron chi connectivity index (χ3n) is 13.8. The molecular weight excluding hydrogens is 783 g/mol. The van der Waals surface area contributed by atoms with Crippen LogP contribution in [-0.2, 0) is 0 Å². The minimum Gasteiger partial charge on any atom is -0.311 e. The van der Waals surface area contributed by atoms with Crippen LogP contribution < -0.4 is 30.5 Å². The molecule has 3 nitrogen and oxygen atoms in total. The molecule has 0 spiro atoms. The third-order valence-corrected chi connectivity index (χ3v) is 20.9. The molecule has 0 atom stereocenters. The Labute approximate surface area is 365 Å². The number of hydrogen-bond acceptors (Lipinski definition) is 3. The molecule has 0 bridgehead atoms. The number of hydrogen-bond donors (Lipinski definition) is 0. The molecule has 0 saturated carbocycles. The Kier molecular flexibility index (Phi) is 8.14. The normalized spacial score (nSPS) is 14.6. The van der Waals surface area contributed by atoms with E-state index in [1.165, 1.54) is 93.3 Å². The average Bonchev–Trinajstić information content (AvgIpc) is 3.31. The highest BCUT2D eigenvalue weighted by Gasteiger charge is 2.40. The van der Waals surface area contributed by atoms with Gasteiger partial charge in [-0.3, -0.25) is 4.98 Å². The van der Waals surface area contributed by atoms with Gasteiger partial charge >= 0.3 is 0 Å². The lowest BCUT2D eigenvalue weighted by Gasteiger charge is -2.41. The highest BCUT2D eigenvalue weighted by atomic mass is 28.3. The Bertz CT molecular complexity index is 3430. The van der Waals surface area contributed by atoms with Crippen molar-refractivity contribution in [2.45, 2.75) is 26.2 Å².